The standard InChI is InChI=1S/C20H26N4O3S/c1-3-16-15-5-11-28-18(15)4-6-24(16)19(25)13-22-7-9-23(10-8-22)20(26)17-12-14(2)21-27-17/h5,11-12,16H,3-4,6-10,13H2,1-2H3. The first-order valence-electron chi connectivity index (χ1n) is 9.87. The fraction of sp³-hybridized carbons (Fsp3) is 0.550. The molecule has 1 unspecified atom stereocenters. The lowest BCUT2D eigenvalue weighted by Gasteiger charge is -2.38. The van der Waals surface area contributed by atoms with Crippen LogP contribution in [0.5, 0.6) is 0 Å². The lowest BCUT2D eigenvalue weighted by Crippen LogP contribution is -2.52. The van der Waals surface area contributed by atoms with Gasteiger partial charge in [-0.1, -0.05) is 12.1 Å². The summed E-state index contributed by atoms with van der Waals surface area (Å²) in [6, 6.07) is 4.03. The Labute approximate surface area is 168 Å². The molecule has 2 aliphatic rings. The van der Waals surface area contributed by atoms with Crippen molar-refractivity contribution in [1.82, 2.24) is 19.9 Å². The maximum atomic E-state index is 13.0. The van der Waals surface area contributed by atoms with Crippen molar-refractivity contribution in [1.29, 1.82) is 0 Å². The van der Waals surface area contributed by atoms with E-state index in [4.69, 9.17) is 4.52 Å². The minimum atomic E-state index is -0.126. The average Bonchev–Trinajstić information content (AvgIpc) is 3.36. The van der Waals surface area contributed by atoms with E-state index in [0.29, 0.717) is 38.4 Å². The third-order valence-electron chi connectivity index (χ3n) is 5.66. The summed E-state index contributed by atoms with van der Waals surface area (Å²) >= 11 is 1.80. The van der Waals surface area contributed by atoms with Crippen molar-refractivity contribution < 1.29 is 14.1 Å². The quantitative estimate of drug-likeness (QED) is 0.785. The Kier molecular flexibility index (Phi) is 5.50. The van der Waals surface area contributed by atoms with E-state index in [9.17, 15) is 9.59 Å². The van der Waals surface area contributed by atoms with Gasteiger partial charge >= 0.3 is 0 Å². The van der Waals surface area contributed by atoms with Crippen LogP contribution < -0.4 is 0 Å². The number of hydrogen-bond acceptors (Lipinski definition) is 6. The van der Waals surface area contributed by atoms with Gasteiger partial charge in [-0.05, 0) is 36.8 Å². The Morgan fingerprint density at radius 2 is 2.04 bits per heavy atom. The zero-order valence-electron chi connectivity index (χ0n) is 16.4. The van der Waals surface area contributed by atoms with E-state index in [1.165, 1.54) is 10.4 Å². The van der Waals surface area contributed by atoms with Crippen molar-refractivity contribution in [2.24, 2.45) is 0 Å². The van der Waals surface area contributed by atoms with Gasteiger partial charge in [0.2, 0.25) is 11.7 Å². The maximum Gasteiger partial charge on any atom is 0.292 e. The van der Waals surface area contributed by atoms with Crippen LogP contribution in [0.3, 0.4) is 0 Å². The summed E-state index contributed by atoms with van der Waals surface area (Å²) < 4.78 is 5.08. The number of thiophene rings is 1. The first-order chi connectivity index (χ1) is 13.6. The van der Waals surface area contributed by atoms with Gasteiger partial charge in [0.25, 0.3) is 5.91 Å². The second kappa shape index (κ2) is 8.05. The predicted octanol–water partition coefficient (Wildman–Crippen LogP) is 2.34. The summed E-state index contributed by atoms with van der Waals surface area (Å²) in [5.41, 5.74) is 2.03. The van der Waals surface area contributed by atoms with Crippen LogP contribution in [0.2, 0.25) is 0 Å². The summed E-state index contributed by atoms with van der Waals surface area (Å²) in [4.78, 5) is 32.8. The van der Waals surface area contributed by atoms with E-state index in [-0.39, 0.29) is 23.6 Å². The first kappa shape index (κ1) is 19.1. The number of nitrogens with zero attached hydrogens (tertiary/aromatic N) is 4. The summed E-state index contributed by atoms with van der Waals surface area (Å²) in [5.74, 6) is 0.348. The molecule has 2 amide bonds. The van der Waals surface area contributed by atoms with Crippen LogP contribution in [0.25, 0.3) is 0 Å². The zero-order valence-corrected chi connectivity index (χ0v) is 17.2. The van der Waals surface area contributed by atoms with Gasteiger partial charge < -0.3 is 14.3 Å². The van der Waals surface area contributed by atoms with Gasteiger partial charge in [0, 0.05) is 43.7 Å². The molecule has 2 aromatic heterocycles. The summed E-state index contributed by atoms with van der Waals surface area (Å²) in [5, 5.41) is 5.92. The Morgan fingerprint density at radius 3 is 2.71 bits per heavy atom. The number of aromatic nitrogens is 1. The van der Waals surface area contributed by atoms with Crippen LogP contribution in [0.1, 0.15) is 46.1 Å². The molecule has 0 radical (unpaired) electrons. The summed E-state index contributed by atoms with van der Waals surface area (Å²) in [6.45, 7) is 7.74. The van der Waals surface area contributed by atoms with E-state index < -0.39 is 0 Å². The maximum absolute atomic E-state index is 13.0. The molecular formula is C20H26N4O3S. The van der Waals surface area contributed by atoms with Crippen molar-refractivity contribution in [3.63, 3.8) is 0 Å². The predicted molar refractivity (Wildman–Crippen MR) is 106 cm³/mol. The monoisotopic (exact) mass is 402 g/mol. The number of piperazine rings is 1. The molecule has 2 aliphatic heterocycles. The van der Waals surface area contributed by atoms with Crippen molar-refractivity contribution in [2.45, 2.75) is 32.7 Å². The number of carbonyl (C=O) groups is 2. The smallest absolute Gasteiger partial charge is 0.292 e. The van der Waals surface area contributed by atoms with E-state index in [2.05, 4.69) is 28.4 Å². The number of amides is 2. The Balaban J connectivity index is 1.32. The van der Waals surface area contributed by atoms with Crippen LogP contribution in [0.4, 0.5) is 0 Å². The van der Waals surface area contributed by atoms with Gasteiger partial charge in [0.05, 0.1) is 18.3 Å². The highest BCUT2D eigenvalue weighted by Gasteiger charge is 2.32. The molecule has 8 heteroatoms. The number of carbonyl (C=O) groups excluding carboxylic acids is 2. The molecule has 7 nitrogen and oxygen atoms in total. The van der Waals surface area contributed by atoms with Gasteiger partial charge in [-0.25, -0.2) is 0 Å². The zero-order chi connectivity index (χ0) is 19.7. The number of fused-ring (bicyclic) bond motifs is 1. The number of aryl methyl sites for hydroxylation is 1. The lowest BCUT2D eigenvalue weighted by atomic mass is 9.97. The molecule has 28 heavy (non-hydrogen) atoms. The molecule has 1 atom stereocenters. The largest absolute Gasteiger partial charge is 0.351 e. The molecule has 2 aromatic rings. The van der Waals surface area contributed by atoms with Crippen LogP contribution in [-0.2, 0) is 11.2 Å². The summed E-state index contributed by atoms with van der Waals surface area (Å²) in [7, 11) is 0. The third kappa shape index (κ3) is 3.71. The molecule has 0 N–H and O–H groups in total. The SMILES string of the molecule is CCC1c2ccsc2CCN1C(=O)CN1CCN(C(=O)c2cc(C)no2)CC1. The van der Waals surface area contributed by atoms with E-state index >= 15 is 0 Å². The molecule has 0 saturated carbocycles. The van der Waals surface area contributed by atoms with Crippen molar-refractivity contribution in [2.75, 3.05) is 39.3 Å². The van der Waals surface area contributed by atoms with Crippen LogP contribution in [-0.4, -0.2) is 70.9 Å². The van der Waals surface area contributed by atoms with Crippen molar-refractivity contribution in [3.8, 4) is 0 Å². The molecule has 0 aliphatic carbocycles. The van der Waals surface area contributed by atoms with Gasteiger partial charge in [-0.15, -0.1) is 11.3 Å². The fourth-order valence-electron chi connectivity index (χ4n) is 4.15. The topological polar surface area (TPSA) is 69.9 Å². The molecule has 1 saturated heterocycles. The van der Waals surface area contributed by atoms with E-state index in [0.717, 1.165) is 19.4 Å². The Morgan fingerprint density at radius 1 is 1.25 bits per heavy atom. The van der Waals surface area contributed by atoms with E-state index in [1.807, 2.05) is 4.90 Å². The Bertz CT molecular complexity index is 853. The minimum absolute atomic E-state index is 0.126. The second-order valence-electron chi connectivity index (χ2n) is 7.46. The minimum Gasteiger partial charge on any atom is -0.351 e. The molecule has 0 aromatic carbocycles. The first-order valence-corrected chi connectivity index (χ1v) is 10.8. The molecule has 0 bridgehead atoms. The molecular weight excluding hydrogens is 376 g/mol. The second-order valence-corrected chi connectivity index (χ2v) is 8.46. The van der Waals surface area contributed by atoms with Crippen LogP contribution >= 0.6 is 11.3 Å². The molecule has 1 fully saturated rings. The summed E-state index contributed by atoms with van der Waals surface area (Å²) in [6.07, 6.45) is 1.89. The van der Waals surface area contributed by atoms with Gasteiger partial charge in [0.15, 0.2) is 0 Å². The van der Waals surface area contributed by atoms with Crippen LogP contribution in [0, 0.1) is 6.92 Å². The van der Waals surface area contributed by atoms with Gasteiger partial charge in [-0.2, -0.15) is 0 Å². The lowest BCUT2D eigenvalue weighted by molar-refractivity contribution is -0.135. The average molecular weight is 403 g/mol. The fourth-order valence-corrected chi connectivity index (χ4v) is 5.07. The highest BCUT2D eigenvalue weighted by molar-refractivity contribution is 7.10. The molecule has 4 heterocycles. The Hall–Kier alpha value is -2.19. The van der Waals surface area contributed by atoms with Crippen molar-refractivity contribution >= 4 is 23.2 Å². The molecule has 150 valence electrons. The highest BCUT2D eigenvalue weighted by Crippen LogP contribution is 2.35. The molecule has 0 spiro atoms. The van der Waals surface area contributed by atoms with E-state index in [1.54, 1.807) is 29.2 Å². The van der Waals surface area contributed by atoms with Crippen LogP contribution in [0.15, 0.2) is 22.0 Å². The van der Waals surface area contributed by atoms with Gasteiger partial charge in [-0.3, -0.25) is 14.5 Å². The van der Waals surface area contributed by atoms with Crippen molar-refractivity contribution in [3.05, 3.63) is 39.4 Å². The molecule has 4 rings (SSSR count). The highest BCUT2D eigenvalue weighted by atomic mass is 32.1. The normalized spacial score (nSPS) is 20.3. The number of rotatable bonds is 4. The number of hydrogen-bond donors (Lipinski definition) is 0. The van der Waals surface area contributed by atoms with Gasteiger partial charge in [0.1, 0.15) is 0 Å². The third-order valence-corrected chi connectivity index (χ3v) is 6.66.